The number of nitrogens with two attached hydrogens (primary N) is 1. The fourth-order valence-corrected chi connectivity index (χ4v) is 12.4. The van der Waals surface area contributed by atoms with Crippen molar-refractivity contribution in [2.75, 3.05) is 53.3 Å². The lowest BCUT2D eigenvalue weighted by Gasteiger charge is -2.41. The van der Waals surface area contributed by atoms with E-state index in [1.54, 1.807) is 109 Å². The summed E-state index contributed by atoms with van der Waals surface area (Å²) in [5.41, 5.74) is 6.85. The molecule has 2 aliphatic heterocycles. The number of primary amides is 1. The summed E-state index contributed by atoms with van der Waals surface area (Å²) >= 11 is 0. The maximum Gasteiger partial charge on any atom is 0.696 e. The van der Waals surface area contributed by atoms with E-state index in [0.717, 1.165) is 15.4 Å². The number of urea groups is 1. The summed E-state index contributed by atoms with van der Waals surface area (Å²) in [5.74, 6) is -6.53. The average Bonchev–Trinajstić information content (AvgIpc) is 1.32. The van der Waals surface area contributed by atoms with Gasteiger partial charge in [0.1, 0.15) is 30.8 Å². The number of methoxy groups -OCH3 is 2. The van der Waals surface area contributed by atoms with E-state index in [4.69, 9.17) is 24.5 Å². The Morgan fingerprint density at radius 1 is 0.729 bits per heavy atom. The summed E-state index contributed by atoms with van der Waals surface area (Å²) in [7, 11) is 2.91. The number of rotatable bonds is 40. The van der Waals surface area contributed by atoms with Gasteiger partial charge in [-0.1, -0.05) is 122 Å². The molecule has 3 unspecified atom stereocenters. The molecule has 0 saturated carbocycles. The maximum absolute atomic E-state index is 14.8. The molecule has 0 aliphatic carbocycles. The van der Waals surface area contributed by atoms with Crippen LogP contribution in [0.15, 0.2) is 66.7 Å². The van der Waals surface area contributed by atoms with Crippen molar-refractivity contribution in [1.29, 1.82) is 0 Å². The number of unbranched alkanes of at least 4 members (excludes halogenated alkanes) is 2. The number of likely N-dealkylation sites (N-methyl/N-ethyl adjacent to an activating group) is 2. The summed E-state index contributed by atoms with van der Waals surface area (Å²) < 4.78 is 34.7. The second kappa shape index (κ2) is 40.0. The Bertz CT molecular complexity index is 2970. The molecule has 29 heteroatoms. The van der Waals surface area contributed by atoms with Crippen LogP contribution in [0.25, 0.3) is 0 Å². The standard InChI is InChI=1S/C67H102N11O17P/c1-14-43(8)59(50(92-12)38-55(82)77-36-22-26-49(77)60(93-13)44(9)61(83)73-52(95-96(90)91)37-45-23-17-15-18-24-45)75(10)65(87)57(41(4)5)74-64(86)58(42(6)7)76(11)67(89)94-39-46-28-30-47(31-29-46)70-62(84)48(25-21-34-69-66(68)88)71-63(85)56(40(2)3)72-51(79)27-19-16-20-35-78-53(80)32-33-54(78)81/h15,17-18,23-24,28-33,40-44,48-50,52,56-60H,14,16,19-22,25-27,34-39H2,1-13H3,(H8-,68,69,70,71,72,73,74,79,83,84,85,86,88,90,91)/p+1/t43?,44-,48-,49-,50+,52?,56-,57-,58-,59-,60+/m0/s1. The number of hydrogen-bond acceptors (Lipinski definition) is 16. The summed E-state index contributed by atoms with van der Waals surface area (Å²) in [6, 6.07) is 9.11. The lowest BCUT2D eigenvalue weighted by Crippen LogP contribution is -2.60. The number of ether oxygens (including phenoxy) is 3. The molecule has 96 heavy (non-hydrogen) atoms. The van der Waals surface area contributed by atoms with Crippen molar-refractivity contribution in [2.45, 2.75) is 194 Å². The lowest BCUT2D eigenvalue weighted by molar-refractivity contribution is -0.148. The third kappa shape index (κ3) is 24.6. The van der Waals surface area contributed by atoms with Gasteiger partial charge in [0, 0.05) is 83.2 Å². The van der Waals surface area contributed by atoms with Gasteiger partial charge in [-0.2, -0.15) is 0 Å². The van der Waals surface area contributed by atoms with Gasteiger partial charge in [0.05, 0.1) is 36.6 Å². The van der Waals surface area contributed by atoms with Crippen LogP contribution in [0.2, 0.25) is 0 Å². The molecule has 0 bridgehead atoms. The number of carbonyl (C=O) groups excluding carboxylic acids is 11. The Labute approximate surface area is 564 Å². The number of likely N-dealkylation sites (tertiary alicyclic amines) is 1. The minimum absolute atomic E-state index is 0.0776. The van der Waals surface area contributed by atoms with Crippen LogP contribution in [0.4, 0.5) is 15.3 Å². The molecule has 9 N–H and O–H groups in total. The van der Waals surface area contributed by atoms with Crippen molar-refractivity contribution in [3.05, 3.63) is 77.9 Å². The molecule has 1 fully saturated rings. The summed E-state index contributed by atoms with van der Waals surface area (Å²) in [6.45, 7) is 16.6. The highest BCUT2D eigenvalue weighted by Gasteiger charge is 2.44. The third-order valence-corrected chi connectivity index (χ3v) is 18.0. The molecular weight excluding hydrogens is 1260 g/mol. The molecule has 0 radical (unpaired) electrons. The first-order valence-corrected chi connectivity index (χ1v) is 34.1. The van der Waals surface area contributed by atoms with Gasteiger partial charge < -0.3 is 61.6 Å². The molecule has 28 nitrogen and oxygen atoms in total. The van der Waals surface area contributed by atoms with Gasteiger partial charge in [0.25, 0.3) is 11.8 Å². The average molecular weight is 1370 g/mol. The van der Waals surface area contributed by atoms with Crippen LogP contribution in [0, 0.1) is 29.6 Å². The van der Waals surface area contributed by atoms with Gasteiger partial charge in [-0.3, -0.25) is 53.0 Å². The van der Waals surface area contributed by atoms with Crippen LogP contribution < -0.4 is 37.6 Å². The van der Waals surface area contributed by atoms with Crippen LogP contribution in [0.5, 0.6) is 0 Å². The zero-order valence-electron chi connectivity index (χ0n) is 57.8. The zero-order chi connectivity index (χ0) is 71.5. The predicted octanol–water partition coefficient (Wildman–Crippen LogP) is 5.19. The van der Waals surface area contributed by atoms with E-state index in [1.165, 1.54) is 38.3 Å². The molecule has 2 aliphatic rings. The van der Waals surface area contributed by atoms with E-state index in [9.17, 15) is 62.2 Å². The minimum atomic E-state index is -3.05. The zero-order valence-corrected chi connectivity index (χ0v) is 58.7. The van der Waals surface area contributed by atoms with Gasteiger partial charge in [-0.25, -0.2) is 9.59 Å². The molecule has 1 saturated heterocycles. The smallest absolute Gasteiger partial charge is 0.445 e. The number of anilines is 1. The van der Waals surface area contributed by atoms with Crippen LogP contribution >= 0.6 is 8.25 Å². The number of nitrogens with one attached hydrogen (secondary N) is 6. The first-order valence-electron chi connectivity index (χ1n) is 33.0. The number of hydrogen-bond donors (Lipinski definition) is 8. The van der Waals surface area contributed by atoms with Crippen molar-refractivity contribution in [3.8, 4) is 0 Å². The molecule has 532 valence electrons. The number of carbonyl (C=O) groups is 11. The summed E-state index contributed by atoms with van der Waals surface area (Å²) in [4.78, 5) is 162. The quantitative estimate of drug-likeness (QED) is 0.0184. The predicted molar refractivity (Wildman–Crippen MR) is 357 cm³/mol. The Morgan fingerprint density at radius 2 is 1.38 bits per heavy atom. The Balaban J connectivity index is 1.38. The molecule has 0 aromatic heterocycles. The largest absolute Gasteiger partial charge is 0.696 e. The highest BCUT2D eigenvalue weighted by Crippen LogP contribution is 2.31. The summed E-state index contributed by atoms with van der Waals surface area (Å²) in [5, 5.41) is 16.4. The van der Waals surface area contributed by atoms with E-state index in [-0.39, 0.29) is 81.4 Å². The van der Waals surface area contributed by atoms with Crippen molar-refractivity contribution >= 4 is 79.2 Å². The van der Waals surface area contributed by atoms with Crippen molar-refractivity contribution < 1.29 is 80.9 Å². The van der Waals surface area contributed by atoms with E-state index in [2.05, 4.69) is 31.9 Å². The van der Waals surface area contributed by atoms with Gasteiger partial charge in [0.15, 0.2) is 6.23 Å². The van der Waals surface area contributed by atoms with Crippen LogP contribution in [0.1, 0.15) is 138 Å². The fourth-order valence-electron chi connectivity index (χ4n) is 12.0. The third-order valence-electron chi connectivity index (χ3n) is 17.5. The van der Waals surface area contributed by atoms with Gasteiger partial charge in [0.2, 0.25) is 41.4 Å². The Kier molecular flexibility index (Phi) is 33.5. The normalized spacial score (nSPS) is 17.1. The first-order chi connectivity index (χ1) is 45.4. The SMILES string of the molecule is CCC(C)[C@@H]([C@@H](CC(=O)N1CCC[C@H]1[C@H](OC)[C@H](C)C(=O)NC(Cc1ccccc1)O[P+](=O)O)OC)N(C)C(=O)[C@@H](NC(=O)[C@H](C(C)C)N(C)C(=O)OCc1ccc(NC(=O)[C@H](CCCNC(N)=O)NC(=O)[C@@H](NC(=O)CCCCCN2C(=O)C=CC2=O)C(C)C)cc1)C(C)C. The van der Waals surface area contributed by atoms with Gasteiger partial charge in [-0.05, 0) is 85.5 Å². The van der Waals surface area contributed by atoms with Gasteiger partial charge >= 0.3 is 20.4 Å². The Hall–Kier alpha value is -7.91. The van der Waals surface area contributed by atoms with Crippen molar-refractivity contribution in [3.63, 3.8) is 0 Å². The topological polar surface area (TPSA) is 373 Å². The molecule has 12 atom stereocenters. The number of imide groups is 1. The lowest BCUT2D eigenvalue weighted by atomic mass is 9.89. The molecule has 4 rings (SSSR count). The molecule has 0 spiro atoms. The second-order valence-electron chi connectivity index (χ2n) is 25.6. The highest BCUT2D eigenvalue weighted by atomic mass is 31.1. The maximum atomic E-state index is 14.8. The van der Waals surface area contributed by atoms with Crippen LogP contribution in [-0.4, -0.2) is 192 Å². The highest BCUT2D eigenvalue weighted by molar-refractivity contribution is 7.32. The minimum Gasteiger partial charge on any atom is -0.445 e. The van der Waals surface area contributed by atoms with Crippen molar-refractivity contribution in [1.82, 2.24) is 46.2 Å². The Morgan fingerprint density at radius 3 is 1.95 bits per heavy atom. The molecule has 2 aromatic rings. The van der Waals surface area contributed by atoms with Crippen molar-refractivity contribution in [2.24, 2.45) is 35.3 Å². The molecule has 2 heterocycles. The fraction of sp³-hybridized carbons (Fsp3) is 0.627. The number of nitrogens with zero attached hydrogens (tertiary/aromatic N) is 4. The van der Waals surface area contributed by atoms with E-state index >= 15 is 0 Å². The van der Waals surface area contributed by atoms with Crippen LogP contribution in [0.3, 0.4) is 0 Å². The first kappa shape index (κ1) is 80.5. The number of amides is 12. The van der Waals surface area contributed by atoms with E-state index in [0.29, 0.717) is 56.3 Å². The van der Waals surface area contributed by atoms with E-state index < -0.39 is 128 Å². The van der Waals surface area contributed by atoms with E-state index in [1.807, 2.05) is 19.9 Å². The molecule has 2 aromatic carbocycles. The number of benzene rings is 2. The summed E-state index contributed by atoms with van der Waals surface area (Å²) in [6.07, 6.45) is 2.49. The van der Waals surface area contributed by atoms with Crippen LogP contribution in [-0.2, 0) is 79.5 Å². The second-order valence-corrected chi connectivity index (χ2v) is 26.3. The molecule has 12 amide bonds. The molecular formula is C67H103N11O17P+. The van der Waals surface area contributed by atoms with Gasteiger partial charge in [-0.15, -0.1) is 4.89 Å². The monoisotopic (exact) mass is 1360 g/mol.